The SMILES string of the molecule is OCC(S)c1cccnc1. The highest BCUT2D eigenvalue weighted by Crippen LogP contribution is 2.16. The molecule has 1 aromatic heterocycles. The zero-order valence-corrected chi connectivity index (χ0v) is 6.33. The van der Waals surface area contributed by atoms with E-state index in [1.165, 1.54) is 0 Å². The lowest BCUT2D eigenvalue weighted by molar-refractivity contribution is 0.297. The van der Waals surface area contributed by atoms with Gasteiger partial charge in [-0.25, -0.2) is 0 Å². The molecule has 54 valence electrons. The molecule has 1 unspecified atom stereocenters. The van der Waals surface area contributed by atoms with Crippen molar-refractivity contribution in [3.05, 3.63) is 30.1 Å². The lowest BCUT2D eigenvalue weighted by Crippen LogP contribution is -1.95. The maximum Gasteiger partial charge on any atom is 0.0589 e. The molecule has 2 nitrogen and oxygen atoms in total. The van der Waals surface area contributed by atoms with Crippen LogP contribution >= 0.6 is 12.6 Å². The predicted molar refractivity (Wildman–Crippen MR) is 43.0 cm³/mol. The summed E-state index contributed by atoms with van der Waals surface area (Å²) in [6, 6.07) is 3.72. The first-order valence-corrected chi connectivity index (χ1v) is 3.55. The Hall–Kier alpha value is -0.540. The average molecular weight is 155 g/mol. The van der Waals surface area contributed by atoms with Crippen LogP contribution in [-0.4, -0.2) is 16.7 Å². The summed E-state index contributed by atoms with van der Waals surface area (Å²) >= 11 is 4.13. The molecule has 0 fully saturated rings. The van der Waals surface area contributed by atoms with Crippen LogP contribution in [0, 0.1) is 0 Å². The van der Waals surface area contributed by atoms with Gasteiger partial charge in [0.1, 0.15) is 0 Å². The molecule has 10 heavy (non-hydrogen) atoms. The van der Waals surface area contributed by atoms with Crippen LogP contribution in [0.2, 0.25) is 0 Å². The van der Waals surface area contributed by atoms with Crippen LogP contribution in [-0.2, 0) is 0 Å². The summed E-state index contributed by atoms with van der Waals surface area (Å²) < 4.78 is 0. The second-order valence-electron chi connectivity index (χ2n) is 1.98. The molecular formula is C7H9NOS. The minimum Gasteiger partial charge on any atom is -0.395 e. The predicted octanol–water partition coefficient (Wildman–Crippen LogP) is 1.04. The summed E-state index contributed by atoms with van der Waals surface area (Å²) in [4.78, 5) is 3.89. The standard InChI is InChI=1S/C7H9NOS/c9-5-7(10)6-2-1-3-8-4-6/h1-4,7,9-10H,5H2. The van der Waals surface area contributed by atoms with Crippen molar-refractivity contribution in [3.63, 3.8) is 0 Å². The van der Waals surface area contributed by atoms with Crippen molar-refractivity contribution in [2.24, 2.45) is 0 Å². The van der Waals surface area contributed by atoms with Gasteiger partial charge in [-0.05, 0) is 11.6 Å². The largest absolute Gasteiger partial charge is 0.395 e. The molecule has 0 radical (unpaired) electrons. The van der Waals surface area contributed by atoms with Gasteiger partial charge < -0.3 is 5.11 Å². The summed E-state index contributed by atoms with van der Waals surface area (Å²) in [7, 11) is 0. The molecule has 3 heteroatoms. The normalized spacial score (nSPS) is 13.0. The molecule has 1 N–H and O–H groups in total. The zero-order valence-electron chi connectivity index (χ0n) is 5.44. The Kier molecular flexibility index (Phi) is 2.71. The van der Waals surface area contributed by atoms with Gasteiger partial charge >= 0.3 is 0 Å². The van der Waals surface area contributed by atoms with Crippen molar-refractivity contribution < 1.29 is 5.11 Å². The van der Waals surface area contributed by atoms with E-state index in [1.807, 2.05) is 12.1 Å². The highest BCUT2D eigenvalue weighted by Gasteiger charge is 2.02. The van der Waals surface area contributed by atoms with Crippen LogP contribution in [0.25, 0.3) is 0 Å². The number of aromatic nitrogens is 1. The van der Waals surface area contributed by atoms with E-state index in [1.54, 1.807) is 12.4 Å². The van der Waals surface area contributed by atoms with Gasteiger partial charge in [0.2, 0.25) is 0 Å². The van der Waals surface area contributed by atoms with Crippen molar-refractivity contribution in [1.29, 1.82) is 0 Å². The Morgan fingerprint density at radius 3 is 3.00 bits per heavy atom. The van der Waals surface area contributed by atoms with Gasteiger partial charge in [-0.3, -0.25) is 4.98 Å². The van der Waals surface area contributed by atoms with Crippen LogP contribution in [0.4, 0.5) is 0 Å². The van der Waals surface area contributed by atoms with E-state index in [0.717, 1.165) is 5.56 Å². The van der Waals surface area contributed by atoms with Crippen LogP contribution < -0.4 is 0 Å². The third kappa shape index (κ3) is 1.72. The van der Waals surface area contributed by atoms with Crippen LogP contribution in [0.5, 0.6) is 0 Å². The van der Waals surface area contributed by atoms with Gasteiger partial charge in [-0.1, -0.05) is 6.07 Å². The first kappa shape index (κ1) is 7.57. The van der Waals surface area contributed by atoms with E-state index >= 15 is 0 Å². The number of hydrogen-bond donors (Lipinski definition) is 2. The summed E-state index contributed by atoms with van der Waals surface area (Å²) in [5, 5.41) is 8.58. The first-order valence-electron chi connectivity index (χ1n) is 3.03. The lowest BCUT2D eigenvalue weighted by Gasteiger charge is -2.04. The maximum absolute atomic E-state index is 8.68. The van der Waals surface area contributed by atoms with Gasteiger partial charge in [0.25, 0.3) is 0 Å². The highest BCUT2D eigenvalue weighted by atomic mass is 32.1. The number of rotatable bonds is 2. The van der Waals surface area contributed by atoms with Crippen molar-refractivity contribution in [2.75, 3.05) is 6.61 Å². The summed E-state index contributed by atoms with van der Waals surface area (Å²) in [5.41, 5.74) is 0.952. The zero-order chi connectivity index (χ0) is 7.40. The fraction of sp³-hybridized carbons (Fsp3) is 0.286. The van der Waals surface area contributed by atoms with E-state index in [4.69, 9.17) is 5.11 Å². The molecule has 0 aliphatic heterocycles. The molecular weight excluding hydrogens is 146 g/mol. The molecule has 1 aromatic rings. The van der Waals surface area contributed by atoms with Crippen molar-refractivity contribution >= 4 is 12.6 Å². The summed E-state index contributed by atoms with van der Waals surface area (Å²) in [5.74, 6) is 0. The third-order valence-corrected chi connectivity index (χ3v) is 1.70. The van der Waals surface area contributed by atoms with Crippen LogP contribution in [0.3, 0.4) is 0 Å². The Labute approximate surface area is 65.3 Å². The number of thiol groups is 1. The van der Waals surface area contributed by atoms with Gasteiger partial charge in [-0.2, -0.15) is 12.6 Å². The quantitative estimate of drug-likeness (QED) is 0.626. The van der Waals surface area contributed by atoms with Gasteiger partial charge in [-0.15, -0.1) is 0 Å². The monoisotopic (exact) mass is 155 g/mol. The van der Waals surface area contributed by atoms with Gasteiger partial charge in [0, 0.05) is 12.4 Å². The second-order valence-corrected chi connectivity index (χ2v) is 2.61. The van der Waals surface area contributed by atoms with E-state index in [-0.39, 0.29) is 11.9 Å². The van der Waals surface area contributed by atoms with Crippen molar-refractivity contribution in [3.8, 4) is 0 Å². The molecule has 0 saturated carbocycles. The number of nitrogens with zero attached hydrogens (tertiary/aromatic N) is 1. The first-order chi connectivity index (χ1) is 4.84. The lowest BCUT2D eigenvalue weighted by atomic mass is 10.2. The third-order valence-electron chi connectivity index (χ3n) is 1.24. The van der Waals surface area contributed by atoms with Crippen LogP contribution in [0.1, 0.15) is 10.8 Å². The minimum absolute atomic E-state index is 0.0504. The van der Waals surface area contributed by atoms with Crippen molar-refractivity contribution in [1.82, 2.24) is 4.98 Å². The average Bonchev–Trinajstić information content (AvgIpc) is 2.05. The fourth-order valence-electron chi connectivity index (χ4n) is 0.678. The summed E-state index contributed by atoms with van der Waals surface area (Å²) in [6.07, 6.45) is 3.40. The second kappa shape index (κ2) is 3.58. The summed E-state index contributed by atoms with van der Waals surface area (Å²) in [6.45, 7) is 0.0504. The van der Waals surface area contributed by atoms with Crippen LogP contribution in [0.15, 0.2) is 24.5 Å². The number of pyridine rings is 1. The number of aliphatic hydroxyl groups is 1. The molecule has 1 atom stereocenters. The smallest absolute Gasteiger partial charge is 0.0589 e. The Morgan fingerprint density at radius 1 is 1.70 bits per heavy atom. The molecule has 0 spiro atoms. The Balaban J connectivity index is 2.75. The fourth-order valence-corrected chi connectivity index (χ4v) is 0.831. The molecule has 0 amide bonds. The molecule has 0 saturated heterocycles. The minimum atomic E-state index is -0.103. The van der Waals surface area contributed by atoms with E-state index in [9.17, 15) is 0 Å². The maximum atomic E-state index is 8.68. The highest BCUT2D eigenvalue weighted by molar-refractivity contribution is 7.80. The topological polar surface area (TPSA) is 33.1 Å². The Bertz CT molecular complexity index is 190. The van der Waals surface area contributed by atoms with Crippen molar-refractivity contribution in [2.45, 2.75) is 5.25 Å². The number of aliphatic hydroxyl groups excluding tert-OH is 1. The van der Waals surface area contributed by atoms with E-state index in [0.29, 0.717) is 0 Å². The number of hydrogen-bond acceptors (Lipinski definition) is 3. The van der Waals surface area contributed by atoms with E-state index < -0.39 is 0 Å². The molecule has 0 aliphatic carbocycles. The van der Waals surface area contributed by atoms with E-state index in [2.05, 4.69) is 17.6 Å². The molecule has 1 rings (SSSR count). The molecule has 0 bridgehead atoms. The molecule has 0 aromatic carbocycles. The Morgan fingerprint density at radius 2 is 2.50 bits per heavy atom. The molecule has 0 aliphatic rings. The van der Waals surface area contributed by atoms with Gasteiger partial charge in [0.05, 0.1) is 11.9 Å². The molecule has 1 heterocycles. The van der Waals surface area contributed by atoms with Gasteiger partial charge in [0.15, 0.2) is 0 Å².